The van der Waals surface area contributed by atoms with E-state index in [1.807, 2.05) is 0 Å². The van der Waals surface area contributed by atoms with Crippen LogP contribution in [0.4, 0.5) is 0 Å². The normalized spacial score (nSPS) is 28.7. The van der Waals surface area contributed by atoms with Gasteiger partial charge in [0.25, 0.3) is 5.91 Å². The zero-order valence-electron chi connectivity index (χ0n) is 18.9. The number of aliphatic hydroxyl groups is 4. The topological polar surface area (TPSA) is 182 Å². The highest BCUT2D eigenvalue weighted by atomic mass is 35.5. The van der Waals surface area contributed by atoms with Gasteiger partial charge in [-0.1, -0.05) is 17.7 Å². The van der Waals surface area contributed by atoms with Gasteiger partial charge in [-0.15, -0.1) is 0 Å². The Morgan fingerprint density at radius 3 is 2.49 bits per heavy atom. The van der Waals surface area contributed by atoms with Crippen LogP contribution in [0.25, 0.3) is 11.8 Å². The van der Waals surface area contributed by atoms with Gasteiger partial charge in [0, 0.05) is 16.5 Å². The van der Waals surface area contributed by atoms with Crippen LogP contribution in [0.1, 0.15) is 23.1 Å². The highest BCUT2D eigenvalue weighted by Crippen LogP contribution is 2.53. The minimum Gasteiger partial charge on any atom is -0.508 e. The molecule has 0 bridgehead atoms. The Kier molecular flexibility index (Phi) is 6.05. The maximum atomic E-state index is 13.7. The van der Waals surface area contributed by atoms with Crippen LogP contribution in [0.5, 0.6) is 5.75 Å². The van der Waals surface area contributed by atoms with Crippen molar-refractivity contribution in [2.75, 3.05) is 20.7 Å². The fourth-order valence-electron chi connectivity index (χ4n) is 5.62. The van der Waals surface area contributed by atoms with Gasteiger partial charge in [-0.2, -0.15) is 0 Å². The Morgan fingerprint density at radius 2 is 1.91 bits per heavy atom. The van der Waals surface area contributed by atoms with Crippen molar-refractivity contribution >= 4 is 40.9 Å². The number of rotatable bonds is 4. The lowest BCUT2D eigenvalue weighted by atomic mass is 9.57. The third kappa shape index (κ3) is 3.48. The number of carbonyl (C=O) groups is 3. The number of aromatic hydroxyl groups is 1. The number of hydrogen-bond acceptors (Lipinski definition) is 9. The smallest absolute Gasteiger partial charge is 0.255 e. The molecule has 186 valence electrons. The number of phenols is 1. The molecule has 0 heterocycles. The predicted octanol–water partition coefficient (Wildman–Crippen LogP) is 0.536. The zero-order valence-corrected chi connectivity index (χ0v) is 19.7. The maximum absolute atomic E-state index is 13.7. The van der Waals surface area contributed by atoms with Crippen LogP contribution in [0, 0.1) is 11.8 Å². The number of halogens is 1. The molecule has 1 aromatic carbocycles. The molecule has 0 aliphatic heterocycles. The molecule has 0 saturated heterocycles. The highest BCUT2D eigenvalue weighted by Gasteiger charge is 2.64. The number of phenolic OH excluding ortho intramolecular Hbond substituents is 1. The number of benzene rings is 1. The molecule has 4 atom stereocenters. The average molecular weight is 505 g/mol. The number of Topliss-reactive ketones (excluding diaryl/α,β-unsaturated/α-hetero) is 2. The number of amides is 1. The van der Waals surface area contributed by atoms with Crippen molar-refractivity contribution in [3.8, 4) is 5.75 Å². The van der Waals surface area contributed by atoms with Crippen LogP contribution < -0.4 is 5.73 Å². The van der Waals surface area contributed by atoms with E-state index in [-0.39, 0.29) is 34.8 Å². The van der Waals surface area contributed by atoms with Gasteiger partial charge in [-0.25, -0.2) is 0 Å². The molecule has 7 N–H and O–H groups in total. The first-order chi connectivity index (χ1) is 16.4. The van der Waals surface area contributed by atoms with Crippen LogP contribution in [0.3, 0.4) is 0 Å². The molecule has 4 rings (SSSR count). The largest absolute Gasteiger partial charge is 0.508 e. The average Bonchev–Trinajstić information content (AvgIpc) is 2.77. The van der Waals surface area contributed by atoms with Gasteiger partial charge < -0.3 is 31.3 Å². The molecule has 10 nitrogen and oxygen atoms in total. The van der Waals surface area contributed by atoms with E-state index in [4.69, 9.17) is 17.3 Å². The number of nitrogens with zero attached hydrogens (tertiary/aromatic N) is 1. The molecule has 1 saturated carbocycles. The molecule has 1 fully saturated rings. The fraction of sp³-hybridized carbons (Fsp3) is 0.375. The molecular formula is C24H25ClN2O8. The summed E-state index contributed by atoms with van der Waals surface area (Å²) in [5.41, 5.74) is 2.44. The highest BCUT2D eigenvalue weighted by molar-refractivity contribution is 6.31. The summed E-state index contributed by atoms with van der Waals surface area (Å²) in [5.74, 6) is -7.08. The lowest BCUT2D eigenvalue weighted by Gasteiger charge is -2.50. The number of aliphatic hydroxyl groups excluding tert-OH is 3. The third-order valence-corrected chi connectivity index (χ3v) is 7.33. The van der Waals surface area contributed by atoms with Crippen molar-refractivity contribution in [2.24, 2.45) is 17.6 Å². The summed E-state index contributed by atoms with van der Waals surface area (Å²) in [6.45, 7) is -0.429. The van der Waals surface area contributed by atoms with Crippen molar-refractivity contribution < 1.29 is 39.9 Å². The van der Waals surface area contributed by atoms with E-state index in [1.165, 1.54) is 31.1 Å². The van der Waals surface area contributed by atoms with E-state index in [2.05, 4.69) is 0 Å². The third-order valence-electron chi connectivity index (χ3n) is 7.10. The summed E-state index contributed by atoms with van der Waals surface area (Å²) in [6, 6.07) is 1.68. The van der Waals surface area contributed by atoms with Crippen LogP contribution in [0.15, 0.2) is 34.1 Å². The van der Waals surface area contributed by atoms with Gasteiger partial charge in [0.2, 0.25) is 5.78 Å². The van der Waals surface area contributed by atoms with Gasteiger partial charge in [0.15, 0.2) is 11.4 Å². The summed E-state index contributed by atoms with van der Waals surface area (Å²) in [5, 5.41) is 53.4. The minimum atomic E-state index is -2.68. The number of likely N-dealkylation sites (N-methyl/N-ethyl adjacent to an activating group) is 1. The molecule has 11 heteroatoms. The van der Waals surface area contributed by atoms with Crippen molar-refractivity contribution in [3.05, 3.63) is 50.8 Å². The van der Waals surface area contributed by atoms with Gasteiger partial charge in [0.1, 0.15) is 22.8 Å². The van der Waals surface area contributed by atoms with E-state index in [0.717, 1.165) is 0 Å². The van der Waals surface area contributed by atoms with Crippen molar-refractivity contribution in [3.63, 3.8) is 0 Å². The van der Waals surface area contributed by atoms with Crippen LogP contribution in [-0.2, 0) is 20.8 Å². The van der Waals surface area contributed by atoms with Crippen molar-refractivity contribution in [1.82, 2.24) is 4.90 Å². The number of fused-ring (bicyclic) bond motifs is 3. The van der Waals surface area contributed by atoms with Crippen molar-refractivity contribution in [2.45, 2.75) is 24.5 Å². The van der Waals surface area contributed by atoms with E-state index < -0.39 is 64.7 Å². The van der Waals surface area contributed by atoms with E-state index >= 15 is 0 Å². The molecule has 3 unspecified atom stereocenters. The fourth-order valence-corrected chi connectivity index (χ4v) is 5.74. The lowest BCUT2D eigenvalue weighted by Crippen LogP contribution is -2.65. The molecule has 0 spiro atoms. The van der Waals surface area contributed by atoms with Gasteiger partial charge in [-0.3, -0.25) is 19.3 Å². The summed E-state index contributed by atoms with van der Waals surface area (Å²) in [4.78, 5) is 40.2. The Bertz CT molecular complexity index is 1260. The number of carbonyl (C=O) groups excluding carboxylic acids is 3. The molecule has 3 aliphatic carbocycles. The monoisotopic (exact) mass is 504 g/mol. The molecule has 35 heavy (non-hydrogen) atoms. The molecular weight excluding hydrogens is 480 g/mol. The molecule has 1 amide bonds. The van der Waals surface area contributed by atoms with Crippen molar-refractivity contribution in [1.29, 1.82) is 0 Å². The first kappa shape index (κ1) is 24.9. The Balaban J connectivity index is 1.97. The predicted molar refractivity (Wildman–Crippen MR) is 125 cm³/mol. The summed E-state index contributed by atoms with van der Waals surface area (Å²) >= 11 is 5.99. The van der Waals surface area contributed by atoms with Gasteiger partial charge in [0.05, 0.1) is 18.2 Å². The maximum Gasteiger partial charge on any atom is 0.255 e. The summed E-state index contributed by atoms with van der Waals surface area (Å²) in [7, 11) is 3.07. The van der Waals surface area contributed by atoms with E-state index in [1.54, 1.807) is 6.07 Å². The number of hydrogen-bond donors (Lipinski definition) is 6. The summed E-state index contributed by atoms with van der Waals surface area (Å²) in [6.07, 6.45) is 1.59. The Morgan fingerprint density at radius 1 is 1.26 bits per heavy atom. The first-order valence-electron chi connectivity index (χ1n) is 10.8. The van der Waals surface area contributed by atoms with E-state index in [0.29, 0.717) is 11.1 Å². The molecule has 0 radical (unpaired) electrons. The van der Waals surface area contributed by atoms with Gasteiger partial charge >= 0.3 is 0 Å². The van der Waals surface area contributed by atoms with Crippen LogP contribution in [-0.4, -0.2) is 80.3 Å². The Labute approximate surface area is 205 Å². The number of nitrogens with two attached hydrogens (primary N) is 1. The second-order valence-electron chi connectivity index (χ2n) is 9.24. The lowest BCUT2D eigenvalue weighted by molar-refractivity contribution is -0.153. The second-order valence-corrected chi connectivity index (χ2v) is 9.72. The van der Waals surface area contributed by atoms with Gasteiger partial charge in [-0.05, 0) is 56.1 Å². The quantitative estimate of drug-likeness (QED) is 0.319. The zero-order chi connectivity index (χ0) is 26.0. The van der Waals surface area contributed by atoms with E-state index in [9.17, 15) is 39.9 Å². The standard InChI is InChI=1S/C24H25ClN2O8/c1-27(2)18-13-7-10-6-12-9(5-11(25)8-28)3-4-14(29)16(12)19(30)15(10)21(32)24(13,35)22(33)17(20(18)31)23(26)34/h3-5,10,13,18,28-30,33,35H,6-8H2,1-2H3,(H2,26,34)/b11-5-/t10?,13?,18?,24-/m0/s1. The molecule has 1 aromatic rings. The van der Waals surface area contributed by atoms with Crippen LogP contribution >= 0.6 is 11.6 Å². The molecule has 3 aliphatic rings. The minimum absolute atomic E-state index is 0.0156. The summed E-state index contributed by atoms with van der Waals surface area (Å²) < 4.78 is 0. The molecule has 0 aromatic heterocycles. The number of ketones is 2. The first-order valence-corrected chi connectivity index (χ1v) is 11.2. The second kappa shape index (κ2) is 8.49. The number of primary amides is 1. The van der Waals surface area contributed by atoms with Crippen LogP contribution in [0.2, 0.25) is 0 Å². The Hall–Kier alpha value is -3.18. The SMILES string of the molecule is CN(C)C1C(=O)C(C(N)=O)=C(O)[C@@]2(O)C(=O)C3=C(O)c4c(O)ccc(/C=C(\Cl)CO)c4CC3CC12.